The first-order valence-corrected chi connectivity index (χ1v) is 11.7. The maximum atomic E-state index is 14.5. The number of rotatable bonds is 6. The summed E-state index contributed by atoms with van der Waals surface area (Å²) in [5.41, 5.74) is -0.187. The van der Waals surface area contributed by atoms with Gasteiger partial charge in [-0.25, -0.2) is 12.8 Å². The number of amides is 1. The largest absolute Gasteiger partial charge is 0.331 e. The second-order valence-corrected chi connectivity index (χ2v) is 10.1. The Balaban J connectivity index is 1.96. The second-order valence-electron chi connectivity index (χ2n) is 6.84. The number of halogens is 1. The summed E-state index contributed by atoms with van der Waals surface area (Å²) in [5, 5.41) is 0. The first-order valence-electron chi connectivity index (χ1n) is 9.46. The summed E-state index contributed by atoms with van der Waals surface area (Å²) in [7, 11) is -3.76. The Morgan fingerprint density at radius 3 is 2.57 bits per heavy atom. The zero-order valence-corrected chi connectivity index (χ0v) is 17.9. The normalized spacial score (nSPS) is 17.5. The van der Waals surface area contributed by atoms with Crippen molar-refractivity contribution in [1.82, 2.24) is 9.21 Å². The van der Waals surface area contributed by atoms with Crippen LogP contribution in [0.25, 0.3) is 0 Å². The monoisotopic (exact) mass is 424 g/mol. The summed E-state index contributed by atoms with van der Waals surface area (Å²) in [6.07, 6.45) is 1.66. The highest BCUT2D eigenvalue weighted by molar-refractivity contribution is 7.89. The molecule has 2 heterocycles. The number of sulfonamides is 1. The van der Waals surface area contributed by atoms with E-state index in [1.54, 1.807) is 30.1 Å². The molecule has 0 spiro atoms. The molecule has 1 amide bonds. The summed E-state index contributed by atoms with van der Waals surface area (Å²) in [6, 6.07) is 7.41. The first-order chi connectivity index (χ1) is 13.3. The van der Waals surface area contributed by atoms with Gasteiger partial charge >= 0.3 is 0 Å². The van der Waals surface area contributed by atoms with Crippen molar-refractivity contribution in [2.75, 3.05) is 19.6 Å². The second kappa shape index (κ2) is 8.31. The van der Waals surface area contributed by atoms with Crippen LogP contribution in [0.1, 0.15) is 52.8 Å². The van der Waals surface area contributed by atoms with Crippen LogP contribution in [0.2, 0.25) is 0 Å². The number of aryl methyl sites for hydroxylation is 1. The third-order valence-corrected chi connectivity index (χ3v) is 8.26. The van der Waals surface area contributed by atoms with E-state index in [-0.39, 0.29) is 16.5 Å². The lowest BCUT2D eigenvalue weighted by Gasteiger charge is -2.25. The Kier molecular flexibility index (Phi) is 6.21. The maximum absolute atomic E-state index is 14.5. The van der Waals surface area contributed by atoms with Crippen LogP contribution in [0.3, 0.4) is 0 Å². The first kappa shape index (κ1) is 21.0. The molecule has 1 aromatic carbocycles. The molecule has 5 nitrogen and oxygen atoms in total. The molecule has 0 N–H and O–H groups in total. The van der Waals surface area contributed by atoms with Gasteiger partial charge < -0.3 is 4.90 Å². The van der Waals surface area contributed by atoms with Crippen molar-refractivity contribution in [2.45, 2.75) is 44.6 Å². The van der Waals surface area contributed by atoms with E-state index in [2.05, 4.69) is 0 Å². The Morgan fingerprint density at radius 2 is 1.96 bits per heavy atom. The van der Waals surface area contributed by atoms with Crippen molar-refractivity contribution in [3.05, 3.63) is 51.5 Å². The zero-order chi connectivity index (χ0) is 20.5. The van der Waals surface area contributed by atoms with Crippen LogP contribution in [-0.2, 0) is 10.0 Å². The number of nitrogens with zero attached hydrogens (tertiary/aromatic N) is 2. The van der Waals surface area contributed by atoms with Crippen LogP contribution in [-0.4, -0.2) is 43.2 Å². The van der Waals surface area contributed by atoms with Crippen LogP contribution in [0, 0.1) is 12.7 Å². The topological polar surface area (TPSA) is 57.7 Å². The van der Waals surface area contributed by atoms with E-state index < -0.39 is 21.7 Å². The standard InChI is InChI=1S/C20H25FN2O3S2/c1-4-22(5-2)28(25,26)15-9-10-17(21)16(13-15)20(24)23-12-6-7-18(23)19-11-8-14(3)27-19/h8-11,13,18H,4-7,12H2,1-3H3. The average molecular weight is 425 g/mol. The lowest BCUT2D eigenvalue weighted by molar-refractivity contribution is 0.0733. The van der Waals surface area contributed by atoms with Crippen molar-refractivity contribution >= 4 is 27.3 Å². The highest BCUT2D eigenvalue weighted by atomic mass is 32.2. The van der Waals surface area contributed by atoms with Crippen molar-refractivity contribution in [3.8, 4) is 0 Å². The third kappa shape index (κ3) is 3.86. The van der Waals surface area contributed by atoms with Gasteiger partial charge in [-0.3, -0.25) is 4.79 Å². The van der Waals surface area contributed by atoms with Crippen LogP contribution in [0.4, 0.5) is 4.39 Å². The minimum atomic E-state index is -3.76. The number of likely N-dealkylation sites (tertiary alicyclic amines) is 1. The van der Waals surface area contributed by atoms with Gasteiger partial charge in [0.1, 0.15) is 5.82 Å². The Morgan fingerprint density at radius 1 is 1.25 bits per heavy atom. The Hall–Kier alpha value is -1.77. The van der Waals surface area contributed by atoms with Crippen LogP contribution in [0.15, 0.2) is 35.2 Å². The molecule has 0 bridgehead atoms. The number of hydrogen-bond donors (Lipinski definition) is 0. The average Bonchev–Trinajstić information content (AvgIpc) is 3.30. The van der Waals surface area contributed by atoms with E-state index in [4.69, 9.17) is 0 Å². The van der Waals surface area contributed by atoms with E-state index in [0.717, 1.165) is 28.7 Å². The molecule has 1 aliphatic heterocycles. The minimum absolute atomic E-state index is 0.0522. The molecule has 1 aliphatic rings. The quantitative estimate of drug-likeness (QED) is 0.698. The SMILES string of the molecule is CCN(CC)S(=O)(=O)c1ccc(F)c(C(=O)N2CCCC2c2ccc(C)s2)c1. The number of carbonyl (C=O) groups excluding carboxylic acids is 1. The van der Waals surface area contributed by atoms with Gasteiger partial charge in [0.05, 0.1) is 16.5 Å². The van der Waals surface area contributed by atoms with Gasteiger partial charge in [0.25, 0.3) is 5.91 Å². The fourth-order valence-electron chi connectivity index (χ4n) is 3.63. The van der Waals surface area contributed by atoms with E-state index in [1.165, 1.54) is 16.4 Å². The summed E-state index contributed by atoms with van der Waals surface area (Å²) >= 11 is 1.63. The van der Waals surface area contributed by atoms with Gasteiger partial charge in [-0.15, -0.1) is 11.3 Å². The van der Waals surface area contributed by atoms with Crippen LogP contribution in [0.5, 0.6) is 0 Å². The Labute approximate surface area is 169 Å². The van der Waals surface area contributed by atoms with Gasteiger partial charge in [0.2, 0.25) is 10.0 Å². The summed E-state index contributed by atoms with van der Waals surface area (Å²) in [5.74, 6) is -1.15. The fraction of sp³-hybridized carbons (Fsp3) is 0.450. The van der Waals surface area contributed by atoms with Gasteiger partial charge in [-0.05, 0) is 50.1 Å². The predicted octanol–water partition coefficient (Wildman–Crippen LogP) is 4.20. The molecule has 152 valence electrons. The molecule has 1 unspecified atom stereocenters. The van der Waals surface area contributed by atoms with Gasteiger partial charge in [0.15, 0.2) is 0 Å². The zero-order valence-electron chi connectivity index (χ0n) is 16.3. The maximum Gasteiger partial charge on any atom is 0.257 e. The highest BCUT2D eigenvalue weighted by Gasteiger charge is 2.33. The van der Waals surface area contributed by atoms with Crippen molar-refractivity contribution in [1.29, 1.82) is 0 Å². The van der Waals surface area contributed by atoms with Crippen molar-refractivity contribution in [2.24, 2.45) is 0 Å². The highest BCUT2D eigenvalue weighted by Crippen LogP contribution is 2.37. The summed E-state index contributed by atoms with van der Waals surface area (Å²) in [6.45, 7) is 6.66. The van der Waals surface area contributed by atoms with Crippen molar-refractivity contribution < 1.29 is 17.6 Å². The molecule has 2 aromatic rings. The lowest BCUT2D eigenvalue weighted by atomic mass is 10.1. The minimum Gasteiger partial charge on any atom is -0.331 e. The van der Waals surface area contributed by atoms with Crippen LogP contribution < -0.4 is 0 Å². The molecule has 8 heteroatoms. The molecule has 3 rings (SSSR count). The third-order valence-electron chi connectivity index (χ3n) is 5.11. The smallest absolute Gasteiger partial charge is 0.257 e. The number of benzene rings is 1. The lowest BCUT2D eigenvalue weighted by Crippen LogP contribution is -2.32. The van der Waals surface area contributed by atoms with Gasteiger partial charge in [-0.1, -0.05) is 13.8 Å². The molecular formula is C20H25FN2O3S2. The number of carbonyl (C=O) groups is 1. The molecule has 1 fully saturated rings. The van der Waals surface area contributed by atoms with Crippen molar-refractivity contribution in [3.63, 3.8) is 0 Å². The fourth-order valence-corrected chi connectivity index (χ4v) is 6.14. The summed E-state index contributed by atoms with van der Waals surface area (Å²) in [4.78, 5) is 17.0. The molecule has 1 aromatic heterocycles. The predicted molar refractivity (Wildman–Crippen MR) is 109 cm³/mol. The van der Waals surface area contributed by atoms with E-state index in [0.29, 0.717) is 19.6 Å². The van der Waals surface area contributed by atoms with E-state index >= 15 is 0 Å². The molecule has 1 saturated heterocycles. The van der Waals surface area contributed by atoms with Crippen LogP contribution >= 0.6 is 11.3 Å². The summed E-state index contributed by atoms with van der Waals surface area (Å²) < 4.78 is 41.3. The Bertz CT molecular complexity index is 968. The number of thiophene rings is 1. The molecule has 0 saturated carbocycles. The molecule has 0 aliphatic carbocycles. The number of hydrogen-bond acceptors (Lipinski definition) is 4. The molecule has 0 radical (unpaired) electrons. The van der Waals surface area contributed by atoms with E-state index in [1.807, 2.05) is 19.1 Å². The van der Waals surface area contributed by atoms with E-state index in [9.17, 15) is 17.6 Å². The molecular weight excluding hydrogens is 399 g/mol. The molecule has 28 heavy (non-hydrogen) atoms. The van der Waals surface area contributed by atoms with Gasteiger partial charge in [-0.2, -0.15) is 4.31 Å². The van der Waals surface area contributed by atoms with Gasteiger partial charge in [0, 0.05) is 29.4 Å². The molecule has 1 atom stereocenters.